The molecule has 4 aromatic carbocycles. The average Bonchev–Trinajstić information content (AvgIpc) is 3.17. The molecule has 0 fully saturated rings. The summed E-state index contributed by atoms with van der Waals surface area (Å²) < 4.78 is 0. The molecule has 0 amide bonds. The van der Waals surface area contributed by atoms with Gasteiger partial charge in [-0.15, -0.1) is 0 Å². The van der Waals surface area contributed by atoms with Crippen LogP contribution in [0, 0.1) is 0 Å². The second kappa shape index (κ2) is 5.25. The molecular weight excluding hydrogens is 320 g/mol. The van der Waals surface area contributed by atoms with Gasteiger partial charge in [0.05, 0.1) is 0 Å². The molecule has 0 spiro atoms. The lowest BCUT2D eigenvalue weighted by Crippen LogP contribution is -1.93. The Morgan fingerprint density at radius 1 is 0.615 bits per heavy atom. The largest absolute Gasteiger partial charge is 0.294 e. The van der Waals surface area contributed by atoms with Crippen LogP contribution in [0.3, 0.4) is 0 Å². The first-order chi connectivity index (χ1) is 12.7. The SMILES string of the molecule is CC.O=C1Cc2cc3c4cccc5c4c(cc3c3cccc1c23)CC5=O. The minimum Gasteiger partial charge on any atom is -0.294 e. The predicted octanol–water partition coefficient (Wildman–Crippen LogP) is 5.65. The van der Waals surface area contributed by atoms with Crippen molar-refractivity contribution in [3.8, 4) is 0 Å². The topological polar surface area (TPSA) is 34.1 Å². The summed E-state index contributed by atoms with van der Waals surface area (Å²) in [4.78, 5) is 24.6. The smallest absolute Gasteiger partial charge is 0.167 e. The molecule has 6 rings (SSSR count). The van der Waals surface area contributed by atoms with Gasteiger partial charge >= 0.3 is 0 Å². The molecule has 0 atom stereocenters. The number of hydrogen-bond acceptors (Lipinski definition) is 2. The van der Waals surface area contributed by atoms with E-state index in [1.54, 1.807) is 0 Å². The van der Waals surface area contributed by atoms with Crippen LogP contribution in [0.5, 0.6) is 0 Å². The normalized spacial score (nSPS) is 14.4. The van der Waals surface area contributed by atoms with E-state index in [4.69, 9.17) is 0 Å². The van der Waals surface area contributed by atoms with Crippen LogP contribution in [-0.2, 0) is 12.8 Å². The van der Waals surface area contributed by atoms with Crippen LogP contribution in [0.4, 0.5) is 0 Å². The Balaban J connectivity index is 0.000000727. The fourth-order valence-electron chi connectivity index (χ4n) is 4.62. The molecule has 0 radical (unpaired) electrons. The summed E-state index contributed by atoms with van der Waals surface area (Å²) in [5.74, 6) is 0.414. The van der Waals surface area contributed by atoms with E-state index in [0.29, 0.717) is 12.8 Å². The molecule has 0 aromatic heterocycles. The third-order valence-corrected chi connectivity index (χ3v) is 5.58. The molecule has 2 heteroatoms. The number of fused-ring (bicyclic) bond motifs is 3. The molecule has 0 saturated heterocycles. The fourth-order valence-corrected chi connectivity index (χ4v) is 4.62. The van der Waals surface area contributed by atoms with Crippen LogP contribution in [0.1, 0.15) is 45.7 Å². The van der Waals surface area contributed by atoms with Crippen LogP contribution < -0.4 is 0 Å². The zero-order valence-electron chi connectivity index (χ0n) is 14.8. The second-order valence-electron chi connectivity index (χ2n) is 6.82. The molecule has 0 N–H and O–H groups in total. The average molecular weight is 338 g/mol. The first kappa shape index (κ1) is 15.3. The van der Waals surface area contributed by atoms with Gasteiger partial charge in [-0.25, -0.2) is 0 Å². The fraction of sp³-hybridized carbons (Fsp3) is 0.167. The summed E-state index contributed by atoms with van der Waals surface area (Å²) in [6, 6.07) is 16.3. The van der Waals surface area contributed by atoms with Gasteiger partial charge in [0, 0.05) is 24.0 Å². The Morgan fingerprint density at radius 3 is 1.46 bits per heavy atom. The van der Waals surface area contributed by atoms with Crippen molar-refractivity contribution in [2.45, 2.75) is 26.7 Å². The minimum atomic E-state index is 0.207. The van der Waals surface area contributed by atoms with Crippen molar-refractivity contribution in [1.29, 1.82) is 0 Å². The Hall–Kier alpha value is -3.00. The second-order valence-corrected chi connectivity index (χ2v) is 6.82. The zero-order chi connectivity index (χ0) is 18.0. The molecule has 0 unspecified atom stereocenters. The Labute approximate surface area is 151 Å². The summed E-state index contributed by atoms with van der Waals surface area (Å²) in [6.07, 6.45) is 0.960. The van der Waals surface area contributed by atoms with Crippen molar-refractivity contribution in [2.75, 3.05) is 0 Å². The van der Waals surface area contributed by atoms with E-state index in [0.717, 1.165) is 54.6 Å². The summed E-state index contributed by atoms with van der Waals surface area (Å²) in [5.41, 5.74) is 3.91. The van der Waals surface area contributed by atoms with Crippen LogP contribution in [0.15, 0.2) is 48.5 Å². The maximum Gasteiger partial charge on any atom is 0.167 e. The molecular formula is C24H18O2. The van der Waals surface area contributed by atoms with E-state index in [1.165, 1.54) is 0 Å². The molecule has 0 saturated carbocycles. The van der Waals surface area contributed by atoms with Crippen molar-refractivity contribution < 1.29 is 9.59 Å². The third-order valence-electron chi connectivity index (χ3n) is 5.58. The van der Waals surface area contributed by atoms with Gasteiger partial charge in [0.25, 0.3) is 0 Å². The molecule has 2 nitrogen and oxygen atoms in total. The van der Waals surface area contributed by atoms with Crippen LogP contribution in [0.2, 0.25) is 0 Å². The van der Waals surface area contributed by atoms with E-state index in [9.17, 15) is 9.59 Å². The van der Waals surface area contributed by atoms with Crippen molar-refractivity contribution in [3.05, 3.63) is 70.8 Å². The highest BCUT2D eigenvalue weighted by atomic mass is 16.1. The lowest BCUT2D eigenvalue weighted by atomic mass is 9.92. The molecule has 126 valence electrons. The number of ketones is 2. The molecule has 0 heterocycles. The lowest BCUT2D eigenvalue weighted by molar-refractivity contribution is 0.0991. The molecule has 0 bridgehead atoms. The van der Waals surface area contributed by atoms with Crippen molar-refractivity contribution >= 4 is 43.9 Å². The van der Waals surface area contributed by atoms with Crippen LogP contribution in [-0.4, -0.2) is 11.6 Å². The Morgan fingerprint density at radius 2 is 1.04 bits per heavy atom. The highest BCUT2D eigenvalue weighted by Crippen LogP contribution is 2.42. The van der Waals surface area contributed by atoms with E-state index in [2.05, 4.69) is 24.3 Å². The quantitative estimate of drug-likeness (QED) is 0.388. The number of Topliss-reactive ketones (excluding diaryl/α,β-unsaturated/α-hetero) is 2. The highest BCUT2D eigenvalue weighted by molar-refractivity contribution is 6.28. The number of carbonyl (C=O) groups is 2. The van der Waals surface area contributed by atoms with E-state index in [-0.39, 0.29) is 11.6 Å². The van der Waals surface area contributed by atoms with Gasteiger partial charge in [-0.2, -0.15) is 0 Å². The zero-order valence-corrected chi connectivity index (χ0v) is 14.8. The number of benzene rings is 4. The summed E-state index contributed by atoms with van der Waals surface area (Å²) in [6.45, 7) is 4.00. The van der Waals surface area contributed by atoms with Crippen molar-refractivity contribution in [2.24, 2.45) is 0 Å². The third kappa shape index (κ3) is 1.76. The molecule has 26 heavy (non-hydrogen) atoms. The van der Waals surface area contributed by atoms with Crippen LogP contribution in [0.25, 0.3) is 32.3 Å². The van der Waals surface area contributed by atoms with Crippen molar-refractivity contribution in [3.63, 3.8) is 0 Å². The maximum atomic E-state index is 12.3. The number of hydrogen-bond donors (Lipinski definition) is 0. The number of carbonyl (C=O) groups excluding carboxylic acids is 2. The molecule has 4 aromatic rings. The molecule has 2 aliphatic rings. The monoisotopic (exact) mass is 338 g/mol. The first-order valence-corrected chi connectivity index (χ1v) is 9.22. The van der Waals surface area contributed by atoms with Gasteiger partial charge in [-0.05, 0) is 55.6 Å². The maximum absolute atomic E-state index is 12.3. The highest BCUT2D eigenvalue weighted by Gasteiger charge is 2.27. The Bertz CT molecular complexity index is 1180. The number of rotatable bonds is 0. The van der Waals surface area contributed by atoms with Gasteiger partial charge in [0.15, 0.2) is 11.6 Å². The van der Waals surface area contributed by atoms with Gasteiger partial charge in [-0.3, -0.25) is 9.59 Å². The molecule has 2 aliphatic carbocycles. The van der Waals surface area contributed by atoms with Gasteiger partial charge in [0.1, 0.15) is 0 Å². The van der Waals surface area contributed by atoms with E-state index < -0.39 is 0 Å². The van der Waals surface area contributed by atoms with Crippen molar-refractivity contribution in [1.82, 2.24) is 0 Å². The van der Waals surface area contributed by atoms with E-state index >= 15 is 0 Å². The Kier molecular flexibility index (Phi) is 3.08. The van der Waals surface area contributed by atoms with E-state index in [1.807, 2.05) is 38.1 Å². The minimum absolute atomic E-state index is 0.207. The van der Waals surface area contributed by atoms with Gasteiger partial charge in [-0.1, -0.05) is 50.2 Å². The summed E-state index contributed by atoms with van der Waals surface area (Å²) in [5, 5.41) is 6.77. The lowest BCUT2D eigenvalue weighted by Gasteiger charge is -2.11. The first-order valence-electron chi connectivity index (χ1n) is 9.22. The van der Waals surface area contributed by atoms with Gasteiger partial charge < -0.3 is 0 Å². The standard InChI is InChI=1S/C22H12O2.C2H6/c23-19-9-11-8-18-14-4-2-6-16-20(24)10-12(22(14)16)7-17(18)13-3-1-5-15(19)21(11)13;1-2/h1-8H,9-10H2;1-2H3. The van der Waals surface area contributed by atoms with Gasteiger partial charge in [0.2, 0.25) is 0 Å². The van der Waals surface area contributed by atoms with Crippen LogP contribution >= 0.6 is 0 Å². The summed E-state index contributed by atoms with van der Waals surface area (Å²) >= 11 is 0. The predicted molar refractivity (Wildman–Crippen MR) is 106 cm³/mol. The summed E-state index contributed by atoms with van der Waals surface area (Å²) in [7, 11) is 0. The molecule has 0 aliphatic heterocycles.